The molecule has 0 heterocycles. The van der Waals surface area contributed by atoms with E-state index in [9.17, 15) is 9.90 Å². The van der Waals surface area contributed by atoms with Gasteiger partial charge in [-0.2, -0.15) is 0 Å². The van der Waals surface area contributed by atoms with E-state index in [1.807, 2.05) is 0 Å². The summed E-state index contributed by atoms with van der Waals surface area (Å²) in [5.41, 5.74) is 0. The Kier molecular flexibility index (Phi) is 7.40. The van der Waals surface area contributed by atoms with Crippen LogP contribution in [0.5, 0.6) is 0 Å². The molecule has 0 radical (unpaired) electrons. The number of ketones is 1. The van der Waals surface area contributed by atoms with E-state index < -0.39 is 0 Å². The van der Waals surface area contributed by atoms with Crippen molar-refractivity contribution in [2.24, 2.45) is 0 Å². The maximum Gasteiger partial charge on any atom is 1.00 e. The molecule has 40 valence electrons. The topological polar surface area (TPSA) is 40.1 Å². The minimum atomic E-state index is -0.187. The molecule has 0 aliphatic rings. The number of carbonyl (C=O) groups is 1. The summed E-state index contributed by atoms with van der Waals surface area (Å²) in [6.07, 6.45) is 1.06. The summed E-state index contributed by atoms with van der Waals surface area (Å²) in [5, 5.41) is 9.98. The van der Waals surface area contributed by atoms with Gasteiger partial charge < -0.3 is 5.11 Å². The van der Waals surface area contributed by atoms with Crippen molar-refractivity contribution in [3.63, 3.8) is 0 Å². The third-order valence-corrected chi connectivity index (χ3v) is 0.407. The molecular formula is C5H7NaO2. The van der Waals surface area contributed by atoms with E-state index in [2.05, 4.69) is 0 Å². The Bertz CT molecular complexity index is 103. The van der Waals surface area contributed by atoms with Gasteiger partial charge in [0.2, 0.25) is 0 Å². The van der Waals surface area contributed by atoms with Gasteiger partial charge in [0.1, 0.15) is 0 Å². The number of carbonyl (C=O) groups excluding carboxylic acids is 1. The Balaban J connectivity index is 0. The van der Waals surface area contributed by atoms with E-state index >= 15 is 0 Å². The van der Waals surface area contributed by atoms with Crippen LogP contribution < -0.4 is 34.7 Å². The molecule has 0 unspecified atom stereocenters. The maximum absolute atomic E-state index is 9.98. The fourth-order valence-corrected chi connectivity index (χ4v) is 0.286. The summed E-state index contributed by atoms with van der Waals surface area (Å²) in [6, 6.07) is 0. The molecule has 0 saturated carbocycles. The molecular weight excluding hydrogens is 115 g/mol. The first-order valence-corrected chi connectivity index (χ1v) is 1.99. The molecule has 0 bridgehead atoms. The zero-order valence-electron chi connectivity index (χ0n) is 5.39. The van der Waals surface area contributed by atoms with Gasteiger partial charge in [0.25, 0.3) is 0 Å². The zero-order valence-corrected chi connectivity index (χ0v) is 7.39. The number of hydrogen-bond acceptors (Lipinski definition) is 2. The normalized spacial score (nSPS) is 10.0. The Morgan fingerprint density at radius 1 is 1.50 bits per heavy atom. The van der Waals surface area contributed by atoms with Gasteiger partial charge >= 0.3 is 29.6 Å². The molecule has 2 nitrogen and oxygen atoms in total. The predicted molar refractivity (Wildman–Crippen MR) is 24.4 cm³/mol. The van der Waals surface area contributed by atoms with Crippen LogP contribution in [0.15, 0.2) is 11.8 Å². The number of hydrogen-bond donors (Lipinski definition) is 0. The molecule has 0 atom stereocenters. The van der Waals surface area contributed by atoms with Crippen LogP contribution >= 0.6 is 0 Å². The molecule has 0 aromatic carbocycles. The van der Waals surface area contributed by atoms with Crippen LogP contribution in [0.1, 0.15) is 13.8 Å². The van der Waals surface area contributed by atoms with Gasteiger partial charge in [-0.15, -0.1) is 5.76 Å². The molecule has 8 heavy (non-hydrogen) atoms. The zero-order chi connectivity index (χ0) is 5.86. The van der Waals surface area contributed by atoms with E-state index in [-0.39, 0.29) is 41.1 Å². The van der Waals surface area contributed by atoms with Crippen LogP contribution in [0.25, 0.3) is 0 Å². The van der Waals surface area contributed by atoms with Crippen molar-refractivity contribution >= 4 is 5.78 Å². The average molecular weight is 122 g/mol. The second kappa shape index (κ2) is 5.35. The first-order chi connectivity index (χ1) is 3.13. The Morgan fingerprint density at radius 2 is 1.88 bits per heavy atom. The van der Waals surface area contributed by atoms with Crippen molar-refractivity contribution in [2.45, 2.75) is 13.8 Å². The van der Waals surface area contributed by atoms with Gasteiger partial charge in [-0.25, -0.2) is 0 Å². The van der Waals surface area contributed by atoms with E-state index in [4.69, 9.17) is 0 Å². The van der Waals surface area contributed by atoms with E-state index in [1.54, 1.807) is 0 Å². The molecule has 0 aliphatic carbocycles. The summed E-state index contributed by atoms with van der Waals surface area (Å²) in [7, 11) is 0. The summed E-state index contributed by atoms with van der Waals surface area (Å²) in [5.74, 6) is -0.375. The van der Waals surface area contributed by atoms with Gasteiger partial charge in [-0.1, -0.05) is 6.92 Å². The van der Waals surface area contributed by atoms with Crippen molar-refractivity contribution < 1.29 is 39.5 Å². The molecule has 0 rings (SSSR count). The molecule has 0 aromatic heterocycles. The minimum Gasteiger partial charge on any atom is -0.876 e. The number of allylic oxidation sites excluding steroid dienone is 2. The summed E-state index contributed by atoms with van der Waals surface area (Å²) >= 11 is 0. The third kappa shape index (κ3) is 9.51. The van der Waals surface area contributed by atoms with Crippen molar-refractivity contribution in [2.75, 3.05) is 0 Å². The molecule has 0 N–H and O–H groups in total. The van der Waals surface area contributed by atoms with Gasteiger partial charge in [0.05, 0.1) is 0 Å². The van der Waals surface area contributed by atoms with Crippen molar-refractivity contribution in [3.8, 4) is 0 Å². The second-order valence-corrected chi connectivity index (χ2v) is 1.37. The first-order valence-electron chi connectivity index (χ1n) is 1.99. The van der Waals surface area contributed by atoms with Gasteiger partial charge in [0, 0.05) is 0 Å². The molecule has 3 heteroatoms. The number of rotatable bonds is 1. The Labute approximate surface area is 70.9 Å². The third-order valence-electron chi connectivity index (χ3n) is 0.407. The minimum absolute atomic E-state index is 0. The quantitative estimate of drug-likeness (QED) is 0.209. The molecule has 0 amide bonds. The second-order valence-electron chi connectivity index (χ2n) is 1.37. The summed E-state index contributed by atoms with van der Waals surface area (Å²) in [4.78, 5) is 9.98. The molecule has 0 fully saturated rings. The van der Waals surface area contributed by atoms with Crippen molar-refractivity contribution in [3.05, 3.63) is 11.8 Å². The first kappa shape index (κ1) is 11.1. The molecule has 0 spiro atoms. The van der Waals surface area contributed by atoms with Crippen molar-refractivity contribution in [1.82, 2.24) is 0 Å². The smallest absolute Gasteiger partial charge is 0.876 e. The fraction of sp³-hybridized carbons (Fsp3) is 0.400. The van der Waals surface area contributed by atoms with Crippen molar-refractivity contribution in [1.29, 1.82) is 0 Å². The molecule has 0 aromatic rings. The van der Waals surface area contributed by atoms with Crippen LogP contribution in [-0.4, -0.2) is 5.78 Å². The predicted octanol–water partition coefficient (Wildman–Crippen LogP) is -3.16. The molecule has 0 aliphatic heterocycles. The van der Waals surface area contributed by atoms with Crippen LogP contribution in [0, 0.1) is 0 Å². The Hall–Kier alpha value is 0.210. The van der Waals surface area contributed by atoms with Gasteiger partial charge in [-0.05, 0) is 13.0 Å². The van der Waals surface area contributed by atoms with Gasteiger partial charge in [-0.3, -0.25) is 4.79 Å². The van der Waals surface area contributed by atoms with Crippen LogP contribution in [0.4, 0.5) is 0 Å². The standard InChI is InChI=1S/C5H8O2.Na/c1-4(6)3-5(2)7;/h3,6H,1-2H3;/q;+1/p-1/b4-3-;. The summed E-state index contributed by atoms with van der Waals surface area (Å²) in [6.45, 7) is 2.70. The van der Waals surface area contributed by atoms with E-state index in [1.165, 1.54) is 13.8 Å². The van der Waals surface area contributed by atoms with Crippen LogP contribution in [0.3, 0.4) is 0 Å². The largest absolute Gasteiger partial charge is 1.00 e. The van der Waals surface area contributed by atoms with E-state index in [0.29, 0.717) is 0 Å². The van der Waals surface area contributed by atoms with E-state index in [0.717, 1.165) is 6.08 Å². The maximum atomic E-state index is 9.98. The Morgan fingerprint density at radius 3 is 1.88 bits per heavy atom. The van der Waals surface area contributed by atoms with Crippen LogP contribution in [-0.2, 0) is 4.79 Å². The fourth-order valence-electron chi connectivity index (χ4n) is 0.286. The van der Waals surface area contributed by atoms with Gasteiger partial charge in [0.15, 0.2) is 5.78 Å². The molecule has 0 saturated heterocycles. The average Bonchev–Trinajstić information content (AvgIpc) is 1.27. The SMILES string of the molecule is CC(=O)/C=C(/C)[O-].[Na+]. The van der Waals surface area contributed by atoms with Crippen LogP contribution in [0.2, 0.25) is 0 Å². The summed E-state index contributed by atoms with van der Waals surface area (Å²) < 4.78 is 0. The monoisotopic (exact) mass is 122 g/mol.